The Hall–Kier alpha value is -5.48. The number of halogens is 1. The van der Waals surface area contributed by atoms with Crippen molar-refractivity contribution in [1.29, 1.82) is 0 Å². The third kappa shape index (κ3) is 2.95. The van der Waals surface area contributed by atoms with Crippen LogP contribution in [0.4, 0.5) is 4.39 Å². The van der Waals surface area contributed by atoms with Crippen molar-refractivity contribution in [3.8, 4) is 39.1 Å². The van der Waals surface area contributed by atoms with Gasteiger partial charge in [-0.15, -0.1) is 5.10 Å². The van der Waals surface area contributed by atoms with Crippen LogP contribution >= 0.6 is 0 Å². The van der Waals surface area contributed by atoms with Gasteiger partial charge < -0.3 is 0 Å². The third-order valence-electron chi connectivity index (χ3n) is 9.51. The van der Waals surface area contributed by atoms with Gasteiger partial charge in [0.2, 0.25) is 12.7 Å². The summed E-state index contributed by atoms with van der Waals surface area (Å²) in [5.74, 6) is -0.429. The molecule has 0 fully saturated rings. The number of para-hydroxylation sites is 1. The molecular weight excluding hydrogens is 526 g/mol. The van der Waals surface area contributed by atoms with Crippen molar-refractivity contribution in [3.05, 3.63) is 139 Å². The lowest BCUT2D eigenvalue weighted by Crippen LogP contribution is -2.58. The molecule has 3 heterocycles. The van der Waals surface area contributed by atoms with Gasteiger partial charge in [-0.05, 0) is 84.1 Å². The van der Waals surface area contributed by atoms with Crippen LogP contribution in [0.2, 0.25) is 0 Å². The molecule has 2 aliphatic heterocycles. The quantitative estimate of drug-likeness (QED) is 0.161. The monoisotopic (exact) mass is 548 g/mol. The van der Waals surface area contributed by atoms with Crippen molar-refractivity contribution in [2.24, 2.45) is 0 Å². The molecule has 10 rings (SSSR count). The van der Waals surface area contributed by atoms with E-state index in [2.05, 4.69) is 120 Å². The van der Waals surface area contributed by atoms with Crippen molar-refractivity contribution < 1.29 is 4.39 Å². The standard InChI is InChI=1S/C39H22BFN2/c41-39-30-19-10-20-32-38(30)43(42-39)33-22-25(23-11-3-1-4-12-23)21-31-27-17-9-18-29-34(24-13-5-2-6-14-24)26-15-7-8-16-28(26)37(35(27)29)40(32)36(31)33/h1-22H. The molecule has 0 radical (unpaired) electrons. The molecule has 2 aliphatic rings. The predicted octanol–water partition coefficient (Wildman–Crippen LogP) is 7.62. The highest BCUT2D eigenvalue weighted by atomic mass is 19.1. The van der Waals surface area contributed by atoms with E-state index < -0.39 is 5.95 Å². The number of rotatable bonds is 2. The molecule has 0 N–H and O–H groups in total. The molecule has 2 nitrogen and oxygen atoms in total. The van der Waals surface area contributed by atoms with E-state index in [-0.39, 0.29) is 6.71 Å². The summed E-state index contributed by atoms with van der Waals surface area (Å²) in [6.07, 6.45) is 0. The van der Waals surface area contributed by atoms with Gasteiger partial charge in [-0.2, -0.15) is 4.39 Å². The Morgan fingerprint density at radius 3 is 2.02 bits per heavy atom. The average Bonchev–Trinajstić information content (AvgIpc) is 3.41. The van der Waals surface area contributed by atoms with Gasteiger partial charge >= 0.3 is 0 Å². The van der Waals surface area contributed by atoms with Crippen LogP contribution in [0.3, 0.4) is 0 Å². The maximum atomic E-state index is 15.5. The SMILES string of the molecule is Fc1nn2c3c(cccc13)B1c3c(cc(-c4ccccc4)cc3-2)-c2cccc3c(-c4ccccc4)c4ccccc4c1c23. The summed E-state index contributed by atoms with van der Waals surface area (Å²) in [7, 11) is 0. The number of benzene rings is 7. The van der Waals surface area contributed by atoms with Crippen LogP contribution in [0.5, 0.6) is 0 Å². The first-order valence-corrected chi connectivity index (χ1v) is 14.7. The molecular formula is C39H22BFN2. The summed E-state index contributed by atoms with van der Waals surface area (Å²) in [4.78, 5) is 0. The van der Waals surface area contributed by atoms with E-state index in [9.17, 15) is 0 Å². The highest BCUT2D eigenvalue weighted by Crippen LogP contribution is 2.43. The second-order valence-electron chi connectivity index (χ2n) is 11.6. The van der Waals surface area contributed by atoms with Gasteiger partial charge in [-0.1, -0.05) is 121 Å². The van der Waals surface area contributed by atoms with Gasteiger partial charge in [0.05, 0.1) is 16.6 Å². The summed E-state index contributed by atoms with van der Waals surface area (Å²) >= 11 is 0. The van der Waals surface area contributed by atoms with Gasteiger partial charge in [-0.3, -0.25) is 0 Å². The molecule has 7 aromatic carbocycles. The van der Waals surface area contributed by atoms with E-state index in [4.69, 9.17) is 0 Å². The van der Waals surface area contributed by atoms with E-state index in [1.807, 2.05) is 22.9 Å². The van der Waals surface area contributed by atoms with Crippen molar-refractivity contribution in [3.63, 3.8) is 0 Å². The maximum absolute atomic E-state index is 15.5. The first-order valence-electron chi connectivity index (χ1n) is 14.7. The van der Waals surface area contributed by atoms with Crippen LogP contribution in [0.15, 0.2) is 133 Å². The molecule has 0 saturated carbocycles. The second-order valence-corrected chi connectivity index (χ2v) is 11.6. The molecule has 8 aromatic rings. The molecule has 0 atom stereocenters. The zero-order valence-electron chi connectivity index (χ0n) is 23.1. The fourth-order valence-corrected chi connectivity index (χ4v) is 7.86. The number of hydrogen-bond donors (Lipinski definition) is 0. The van der Waals surface area contributed by atoms with Crippen LogP contribution in [0.1, 0.15) is 0 Å². The van der Waals surface area contributed by atoms with Gasteiger partial charge in [0, 0.05) is 0 Å². The number of nitrogens with zero attached hydrogens (tertiary/aromatic N) is 2. The van der Waals surface area contributed by atoms with E-state index in [1.54, 1.807) is 0 Å². The first-order chi connectivity index (χ1) is 21.3. The number of fused-ring (bicyclic) bond motifs is 6. The van der Waals surface area contributed by atoms with Crippen LogP contribution in [0.25, 0.3) is 71.5 Å². The Morgan fingerprint density at radius 1 is 0.535 bits per heavy atom. The Labute approximate surface area is 247 Å². The van der Waals surface area contributed by atoms with Crippen LogP contribution in [-0.2, 0) is 0 Å². The summed E-state index contributed by atoms with van der Waals surface area (Å²) in [5.41, 5.74) is 12.5. The fourth-order valence-electron chi connectivity index (χ4n) is 7.86. The molecule has 0 saturated heterocycles. The Bertz CT molecular complexity index is 2460. The van der Waals surface area contributed by atoms with E-state index in [0.29, 0.717) is 5.39 Å². The molecule has 0 aliphatic carbocycles. The smallest absolute Gasteiger partial charge is 0.231 e. The molecule has 0 amide bonds. The lowest BCUT2D eigenvalue weighted by molar-refractivity contribution is 0.575. The molecule has 1 aromatic heterocycles. The van der Waals surface area contributed by atoms with E-state index >= 15 is 4.39 Å². The molecule has 0 unspecified atom stereocenters. The van der Waals surface area contributed by atoms with Crippen molar-refractivity contribution >= 4 is 55.5 Å². The van der Waals surface area contributed by atoms with E-state index in [1.165, 1.54) is 54.7 Å². The van der Waals surface area contributed by atoms with Crippen molar-refractivity contribution in [1.82, 2.24) is 9.78 Å². The minimum Gasteiger partial charge on any atom is -0.231 e. The van der Waals surface area contributed by atoms with Crippen LogP contribution in [-0.4, -0.2) is 16.5 Å². The third-order valence-corrected chi connectivity index (χ3v) is 9.51. The normalized spacial score (nSPS) is 12.7. The highest BCUT2D eigenvalue weighted by Gasteiger charge is 2.41. The van der Waals surface area contributed by atoms with Crippen molar-refractivity contribution in [2.75, 3.05) is 0 Å². The highest BCUT2D eigenvalue weighted by molar-refractivity contribution is 7.02. The lowest BCUT2D eigenvalue weighted by atomic mass is 9.32. The van der Waals surface area contributed by atoms with Gasteiger partial charge in [0.25, 0.3) is 0 Å². The summed E-state index contributed by atoms with van der Waals surface area (Å²) in [5, 5.41) is 10.1. The second kappa shape index (κ2) is 8.30. The topological polar surface area (TPSA) is 17.8 Å². The Morgan fingerprint density at radius 2 is 1.21 bits per heavy atom. The number of hydrogen-bond acceptors (Lipinski definition) is 1. The minimum absolute atomic E-state index is 0.0609. The maximum Gasteiger partial charge on any atom is 0.249 e. The largest absolute Gasteiger partial charge is 0.249 e. The van der Waals surface area contributed by atoms with E-state index in [0.717, 1.165) is 27.8 Å². The minimum atomic E-state index is -0.429. The summed E-state index contributed by atoms with van der Waals surface area (Å²) in [6.45, 7) is -0.0609. The lowest BCUT2D eigenvalue weighted by Gasteiger charge is -2.35. The number of aromatic nitrogens is 2. The zero-order valence-corrected chi connectivity index (χ0v) is 23.1. The molecule has 0 spiro atoms. The summed E-state index contributed by atoms with van der Waals surface area (Å²) in [6, 6.07) is 47.2. The molecule has 43 heavy (non-hydrogen) atoms. The van der Waals surface area contributed by atoms with Gasteiger partial charge in [0.15, 0.2) is 0 Å². The van der Waals surface area contributed by atoms with Crippen LogP contribution in [0, 0.1) is 5.95 Å². The molecule has 198 valence electrons. The first kappa shape index (κ1) is 23.1. The Kier molecular flexibility index (Phi) is 4.46. The molecule has 0 bridgehead atoms. The Balaban J connectivity index is 1.45. The predicted molar refractivity (Wildman–Crippen MR) is 177 cm³/mol. The van der Waals surface area contributed by atoms with Gasteiger partial charge in [-0.25, -0.2) is 4.68 Å². The van der Waals surface area contributed by atoms with Crippen molar-refractivity contribution in [2.45, 2.75) is 0 Å². The van der Waals surface area contributed by atoms with Crippen LogP contribution < -0.4 is 16.4 Å². The summed E-state index contributed by atoms with van der Waals surface area (Å²) < 4.78 is 17.4. The zero-order chi connectivity index (χ0) is 28.2. The average molecular weight is 548 g/mol. The fraction of sp³-hybridized carbons (Fsp3) is 0. The van der Waals surface area contributed by atoms with Gasteiger partial charge in [0.1, 0.15) is 0 Å². The molecule has 4 heteroatoms.